The van der Waals surface area contributed by atoms with Crippen molar-refractivity contribution in [1.82, 2.24) is 10.2 Å². The van der Waals surface area contributed by atoms with Crippen molar-refractivity contribution < 1.29 is 0 Å². The van der Waals surface area contributed by atoms with E-state index in [0.29, 0.717) is 17.4 Å². The summed E-state index contributed by atoms with van der Waals surface area (Å²) in [4.78, 5) is 2.68. The Balaban J connectivity index is 0.00000161. The highest BCUT2D eigenvalue weighted by Crippen LogP contribution is 2.39. The summed E-state index contributed by atoms with van der Waals surface area (Å²) in [5.41, 5.74) is 3.49. The van der Waals surface area contributed by atoms with E-state index < -0.39 is 0 Å². The second kappa shape index (κ2) is 6.68. The van der Waals surface area contributed by atoms with Crippen LogP contribution in [0.1, 0.15) is 56.7 Å². The van der Waals surface area contributed by atoms with Crippen LogP contribution >= 0.6 is 12.4 Å². The van der Waals surface area contributed by atoms with Crippen LogP contribution in [0.3, 0.4) is 0 Å². The van der Waals surface area contributed by atoms with E-state index in [1.807, 2.05) is 0 Å². The van der Waals surface area contributed by atoms with Crippen LogP contribution in [0.4, 0.5) is 0 Å². The van der Waals surface area contributed by atoms with Gasteiger partial charge in [-0.05, 0) is 55.3 Å². The normalized spacial score (nSPS) is 27.2. The Kier molecular flexibility index (Phi) is 5.34. The quantitative estimate of drug-likeness (QED) is 0.908. The zero-order valence-corrected chi connectivity index (χ0v) is 14.4. The minimum Gasteiger partial charge on any atom is -0.316 e. The molecule has 2 saturated heterocycles. The molecule has 2 atom stereocenters. The molecule has 2 unspecified atom stereocenters. The minimum atomic E-state index is 0. The number of likely N-dealkylation sites (tertiary alicyclic amines) is 1. The van der Waals surface area contributed by atoms with Gasteiger partial charge in [-0.15, -0.1) is 12.4 Å². The molecule has 1 spiro atoms. The molecule has 2 aliphatic heterocycles. The maximum atomic E-state index is 3.55. The highest BCUT2D eigenvalue weighted by Gasteiger charge is 2.41. The molecule has 0 radical (unpaired) electrons. The summed E-state index contributed by atoms with van der Waals surface area (Å²) in [6.07, 6.45) is 2.73. The van der Waals surface area contributed by atoms with Crippen molar-refractivity contribution in [2.75, 3.05) is 26.2 Å². The van der Waals surface area contributed by atoms with E-state index in [0.717, 1.165) is 0 Å². The van der Waals surface area contributed by atoms with Crippen molar-refractivity contribution in [2.24, 2.45) is 5.41 Å². The van der Waals surface area contributed by atoms with Crippen LogP contribution in [0.25, 0.3) is 0 Å². The first kappa shape index (κ1) is 16.8. The third kappa shape index (κ3) is 3.44. The van der Waals surface area contributed by atoms with E-state index in [2.05, 4.69) is 55.3 Å². The summed E-state index contributed by atoms with van der Waals surface area (Å²) >= 11 is 0. The fourth-order valence-corrected chi connectivity index (χ4v) is 3.81. The smallest absolute Gasteiger partial charge is 0.0320 e. The van der Waals surface area contributed by atoms with Gasteiger partial charge in [-0.25, -0.2) is 0 Å². The molecule has 118 valence electrons. The lowest BCUT2D eigenvalue weighted by molar-refractivity contribution is 0.224. The highest BCUT2D eigenvalue weighted by atomic mass is 35.5. The minimum absolute atomic E-state index is 0. The average Bonchev–Trinajstić information content (AvgIpc) is 3.09. The molecule has 0 saturated carbocycles. The Morgan fingerprint density at radius 1 is 1.05 bits per heavy atom. The SMILES string of the molecule is CC(C)c1ccc(C(C)N2CCC3(CCNC3)C2)cc1.Cl. The first-order valence-electron chi connectivity index (χ1n) is 8.14. The molecule has 2 aliphatic rings. The highest BCUT2D eigenvalue weighted by molar-refractivity contribution is 5.85. The summed E-state index contributed by atoms with van der Waals surface area (Å²) in [6.45, 7) is 11.9. The number of nitrogens with zero attached hydrogens (tertiary/aromatic N) is 1. The van der Waals surface area contributed by atoms with Gasteiger partial charge in [0.05, 0.1) is 0 Å². The molecule has 3 heteroatoms. The molecule has 1 N–H and O–H groups in total. The molecule has 0 bridgehead atoms. The van der Waals surface area contributed by atoms with E-state index in [-0.39, 0.29) is 12.4 Å². The summed E-state index contributed by atoms with van der Waals surface area (Å²) in [7, 11) is 0. The van der Waals surface area contributed by atoms with Crippen LogP contribution in [0.15, 0.2) is 24.3 Å². The molecule has 0 amide bonds. The lowest BCUT2D eigenvalue weighted by Crippen LogP contribution is -2.30. The van der Waals surface area contributed by atoms with Gasteiger partial charge in [-0.2, -0.15) is 0 Å². The Morgan fingerprint density at radius 2 is 1.71 bits per heavy atom. The third-order valence-corrected chi connectivity index (χ3v) is 5.43. The fraction of sp³-hybridized carbons (Fsp3) is 0.667. The zero-order chi connectivity index (χ0) is 14.2. The lowest BCUT2D eigenvalue weighted by atomic mass is 9.86. The first-order valence-corrected chi connectivity index (χ1v) is 8.14. The van der Waals surface area contributed by atoms with Crippen molar-refractivity contribution in [3.8, 4) is 0 Å². The van der Waals surface area contributed by atoms with Gasteiger partial charge in [0.15, 0.2) is 0 Å². The molecular formula is C18H29ClN2. The summed E-state index contributed by atoms with van der Waals surface area (Å²) in [5, 5.41) is 3.55. The van der Waals surface area contributed by atoms with Gasteiger partial charge in [-0.1, -0.05) is 38.1 Å². The average molecular weight is 309 g/mol. The number of benzene rings is 1. The molecule has 2 nitrogen and oxygen atoms in total. The maximum Gasteiger partial charge on any atom is 0.0320 e. The van der Waals surface area contributed by atoms with Gasteiger partial charge in [-0.3, -0.25) is 4.90 Å². The van der Waals surface area contributed by atoms with E-state index in [4.69, 9.17) is 0 Å². The van der Waals surface area contributed by atoms with Crippen molar-refractivity contribution in [1.29, 1.82) is 0 Å². The van der Waals surface area contributed by atoms with Crippen LogP contribution in [0.5, 0.6) is 0 Å². The molecule has 1 aromatic carbocycles. The zero-order valence-electron chi connectivity index (χ0n) is 13.6. The largest absolute Gasteiger partial charge is 0.316 e. The molecular weight excluding hydrogens is 280 g/mol. The van der Waals surface area contributed by atoms with Crippen LogP contribution < -0.4 is 5.32 Å². The first-order chi connectivity index (χ1) is 9.60. The van der Waals surface area contributed by atoms with E-state index in [9.17, 15) is 0 Å². The van der Waals surface area contributed by atoms with Gasteiger partial charge in [0.1, 0.15) is 0 Å². The maximum absolute atomic E-state index is 3.55. The predicted octanol–water partition coefficient (Wildman–Crippen LogP) is 3.98. The van der Waals surface area contributed by atoms with Gasteiger partial charge in [0, 0.05) is 19.1 Å². The summed E-state index contributed by atoms with van der Waals surface area (Å²) < 4.78 is 0. The van der Waals surface area contributed by atoms with E-state index >= 15 is 0 Å². The van der Waals surface area contributed by atoms with E-state index in [1.165, 1.54) is 50.1 Å². The van der Waals surface area contributed by atoms with Gasteiger partial charge >= 0.3 is 0 Å². The Bertz CT molecular complexity index is 449. The number of hydrogen-bond donors (Lipinski definition) is 1. The Morgan fingerprint density at radius 3 is 2.29 bits per heavy atom. The van der Waals surface area contributed by atoms with Crippen molar-refractivity contribution >= 4 is 12.4 Å². The van der Waals surface area contributed by atoms with Gasteiger partial charge in [0.25, 0.3) is 0 Å². The molecule has 3 rings (SSSR count). The van der Waals surface area contributed by atoms with E-state index in [1.54, 1.807) is 0 Å². The molecule has 2 fully saturated rings. The van der Waals surface area contributed by atoms with Crippen LogP contribution in [0, 0.1) is 5.41 Å². The van der Waals surface area contributed by atoms with Crippen molar-refractivity contribution in [3.63, 3.8) is 0 Å². The van der Waals surface area contributed by atoms with Crippen molar-refractivity contribution in [2.45, 2.75) is 45.6 Å². The fourth-order valence-electron chi connectivity index (χ4n) is 3.81. The Hall–Kier alpha value is -0.570. The second-order valence-corrected chi connectivity index (χ2v) is 7.14. The van der Waals surface area contributed by atoms with Crippen LogP contribution in [-0.2, 0) is 0 Å². The Labute approximate surface area is 135 Å². The topological polar surface area (TPSA) is 15.3 Å². The molecule has 2 heterocycles. The predicted molar refractivity (Wildman–Crippen MR) is 92.3 cm³/mol. The molecule has 21 heavy (non-hydrogen) atoms. The summed E-state index contributed by atoms with van der Waals surface area (Å²) in [5.74, 6) is 0.624. The molecule has 0 aliphatic carbocycles. The number of halogens is 1. The van der Waals surface area contributed by atoms with Gasteiger partial charge < -0.3 is 5.32 Å². The number of nitrogens with one attached hydrogen (secondary N) is 1. The summed E-state index contributed by atoms with van der Waals surface area (Å²) in [6, 6.07) is 9.82. The lowest BCUT2D eigenvalue weighted by Gasteiger charge is -2.28. The molecule has 0 aromatic heterocycles. The standard InChI is InChI=1S/C18H28N2.ClH/c1-14(2)16-4-6-17(7-5-16)15(3)20-11-9-18(13-20)8-10-19-12-18;/h4-7,14-15,19H,8-13H2,1-3H3;1H. The number of rotatable bonds is 3. The molecule has 1 aromatic rings. The third-order valence-electron chi connectivity index (χ3n) is 5.43. The monoisotopic (exact) mass is 308 g/mol. The van der Waals surface area contributed by atoms with Gasteiger partial charge in [0.2, 0.25) is 0 Å². The second-order valence-electron chi connectivity index (χ2n) is 7.14. The number of hydrogen-bond acceptors (Lipinski definition) is 2. The van der Waals surface area contributed by atoms with Crippen molar-refractivity contribution in [3.05, 3.63) is 35.4 Å². The van der Waals surface area contributed by atoms with Crippen LogP contribution in [0.2, 0.25) is 0 Å². The van der Waals surface area contributed by atoms with Crippen LogP contribution in [-0.4, -0.2) is 31.1 Å².